The Morgan fingerprint density at radius 1 is 1.35 bits per heavy atom. The van der Waals surface area contributed by atoms with E-state index >= 15 is 0 Å². The number of hydrogen-bond donors (Lipinski definition) is 1. The van der Waals surface area contributed by atoms with Crippen LogP contribution in [0.1, 0.15) is 43.9 Å². The minimum Gasteiger partial charge on any atom is -0.496 e. The van der Waals surface area contributed by atoms with Gasteiger partial charge in [0.1, 0.15) is 5.75 Å². The van der Waals surface area contributed by atoms with Crippen LogP contribution in [0.5, 0.6) is 5.75 Å². The largest absolute Gasteiger partial charge is 0.496 e. The molecule has 0 radical (unpaired) electrons. The molecule has 0 amide bonds. The van der Waals surface area contributed by atoms with Crippen molar-refractivity contribution < 1.29 is 9.47 Å². The monoisotopic (exact) mass is 276 g/mol. The fraction of sp³-hybridized carbons (Fsp3) is 0.562. The van der Waals surface area contributed by atoms with Gasteiger partial charge in [-0.1, -0.05) is 13.0 Å². The summed E-state index contributed by atoms with van der Waals surface area (Å²) in [6, 6.07) is 8.75. The lowest BCUT2D eigenvalue weighted by Crippen LogP contribution is -2.30. The van der Waals surface area contributed by atoms with Crippen molar-refractivity contribution in [2.24, 2.45) is 0 Å². The van der Waals surface area contributed by atoms with E-state index in [1.54, 1.807) is 14.2 Å². The predicted octanol–water partition coefficient (Wildman–Crippen LogP) is 3.18. The van der Waals surface area contributed by atoms with Gasteiger partial charge in [0.2, 0.25) is 0 Å². The second-order valence-electron chi connectivity index (χ2n) is 4.86. The first-order valence-electron chi connectivity index (χ1n) is 6.95. The zero-order valence-electron chi connectivity index (χ0n) is 12.8. The van der Waals surface area contributed by atoms with Crippen LogP contribution in [0.25, 0.3) is 0 Å². The topological polar surface area (TPSA) is 54.3 Å². The second-order valence-corrected chi connectivity index (χ2v) is 4.86. The molecule has 0 aliphatic rings. The minimum absolute atomic E-state index is 0.190. The number of methoxy groups -OCH3 is 2. The Labute approximate surface area is 121 Å². The third-order valence-electron chi connectivity index (χ3n) is 3.42. The fourth-order valence-electron chi connectivity index (χ4n) is 2.22. The Morgan fingerprint density at radius 3 is 2.65 bits per heavy atom. The van der Waals surface area contributed by atoms with Gasteiger partial charge in [-0.15, -0.1) is 0 Å². The summed E-state index contributed by atoms with van der Waals surface area (Å²) in [5.41, 5.74) is 2.21. The molecule has 20 heavy (non-hydrogen) atoms. The van der Waals surface area contributed by atoms with E-state index in [1.165, 1.54) is 5.56 Å². The van der Waals surface area contributed by atoms with Gasteiger partial charge in [-0.25, -0.2) is 0 Å². The second kappa shape index (κ2) is 8.57. The number of nitrogens with one attached hydrogen (secondary N) is 1. The summed E-state index contributed by atoms with van der Waals surface area (Å²) in [4.78, 5) is 0. The molecule has 0 saturated carbocycles. The molecule has 0 saturated heterocycles. The van der Waals surface area contributed by atoms with Gasteiger partial charge in [0, 0.05) is 24.8 Å². The standard InChI is InChI=1S/C16H24N2O2/c1-5-15(8-9-17)18-12(2)13-6-7-16(20-4)14(10-13)11-19-3/h6-7,10,12,15,18H,5,8,11H2,1-4H3. The maximum atomic E-state index is 8.81. The van der Waals surface area contributed by atoms with Crippen LogP contribution in [0.3, 0.4) is 0 Å². The van der Waals surface area contributed by atoms with Crippen molar-refractivity contribution in [3.05, 3.63) is 29.3 Å². The summed E-state index contributed by atoms with van der Waals surface area (Å²) in [5.74, 6) is 0.840. The lowest BCUT2D eigenvalue weighted by atomic mass is 10.0. The van der Waals surface area contributed by atoms with Crippen molar-refractivity contribution in [2.75, 3.05) is 14.2 Å². The molecule has 0 aliphatic carbocycles. The van der Waals surface area contributed by atoms with Crippen LogP contribution < -0.4 is 10.1 Å². The molecule has 0 bridgehead atoms. The number of nitriles is 1. The third-order valence-corrected chi connectivity index (χ3v) is 3.42. The van der Waals surface area contributed by atoms with E-state index in [0.717, 1.165) is 17.7 Å². The highest BCUT2D eigenvalue weighted by molar-refractivity contribution is 5.38. The smallest absolute Gasteiger partial charge is 0.124 e. The maximum absolute atomic E-state index is 8.81. The molecule has 0 aromatic heterocycles. The van der Waals surface area contributed by atoms with Gasteiger partial charge < -0.3 is 14.8 Å². The van der Waals surface area contributed by atoms with E-state index in [1.807, 2.05) is 6.07 Å². The molecule has 1 aromatic carbocycles. The van der Waals surface area contributed by atoms with Gasteiger partial charge in [0.25, 0.3) is 0 Å². The summed E-state index contributed by atoms with van der Waals surface area (Å²) in [6.07, 6.45) is 1.47. The van der Waals surface area contributed by atoms with Crippen LogP contribution >= 0.6 is 0 Å². The average Bonchev–Trinajstić information content (AvgIpc) is 2.46. The molecule has 1 N–H and O–H groups in total. The summed E-state index contributed by atoms with van der Waals surface area (Å²) < 4.78 is 10.5. The molecule has 0 spiro atoms. The van der Waals surface area contributed by atoms with Crippen LogP contribution in [0.4, 0.5) is 0 Å². The summed E-state index contributed by atoms with van der Waals surface area (Å²) in [6.45, 7) is 4.73. The number of rotatable bonds is 8. The van der Waals surface area contributed by atoms with E-state index in [4.69, 9.17) is 14.7 Å². The Morgan fingerprint density at radius 2 is 2.10 bits per heavy atom. The summed E-state index contributed by atoms with van der Waals surface area (Å²) in [5, 5.41) is 12.3. The minimum atomic E-state index is 0.190. The normalized spacial score (nSPS) is 13.6. The van der Waals surface area contributed by atoms with E-state index in [2.05, 4.69) is 37.4 Å². The molecule has 1 rings (SSSR count). The molecule has 4 nitrogen and oxygen atoms in total. The Hall–Kier alpha value is -1.57. The molecule has 0 aliphatic heterocycles. The van der Waals surface area contributed by atoms with E-state index < -0.39 is 0 Å². The van der Waals surface area contributed by atoms with Crippen molar-refractivity contribution in [1.82, 2.24) is 5.32 Å². The number of benzene rings is 1. The van der Waals surface area contributed by atoms with Crippen LogP contribution in [-0.4, -0.2) is 20.3 Å². The number of ether oxygens (including phenoxy) is 2. The zero-order chi connectivity index (χ0) is 15.0. The van der Waals surface area contributed by atoms with Crippen LogP contribution in [0.15, 0.2) is 18.2 Å². The number of nitrogens with zero attached hydrogens (tertiary/aromatic N) is 1. The number of hydrogen-bond acceptors (Lipinski definition) is 4. The Kier molecular flexibility index (Phi) is 7.06. The highest BCUT2D eigenvalue weighted by Gasteiger charge is 2.13. The predicted molar refractivity (Wildman–Crippen MR) is 79.6 cm³/mol. The third kappa shape index (κ3) is 4.52. The first-order chi connectivity index (χ1) is 9.65. The van der Waals surface area contributed by atoms with Crippen LogP contribution in [0.2, 0.25) is 0 Å². The van der Waals surface area contributed by atoms with Gasteiger partial charge in [-0.3, -0.25) is 0 Å². The lowest BCUT2D eigenvalue weighted by Gasteiger charge is -2.21. The van der Waals surface area contributed by atoms with Crippen molar-refractivity contribution >= 4 is 0 Å². The summed E-state index contributed by atoms with van der Waals surface area (Å²) >= 11 is 0. The fourth-order valence-corrected chi connectivity index (χ4v) is 2.22. The molecule has 0 heterocycles. The van der Waals surface area contributed by atoms with Gasteiger partial charge in [0.05, 0.1) is 26.2 Å². The highest BCUT2D eigenvalue weighted by Crippen LogP contribution is 2.24. The molecule has 2 unspecified atom stereocenters. The van der Waals surface area contributed by atoms with Crippen molar-refractivity contribution in [1.29, 1.82) is 5.26 Å². The molecular weight excluding hydrogens is 252 g/mol. The van der Waals surface area contributed by atoms with Gasteiger partial charge in [-0.05, 0) is 31.0 Å². The average molecular weight is 276 g/mol. The van der Waals surface area contributed by atoms with Crippen LogP contribution in [0, 0.1) is 11.3 Å². The van der Waals surface area contributed by atoms with Crippen LogP contribution in [-0.2, 0) is 11.3 Å². The molecule has 1 aromatic rings. The molecular formula is C16H24N2O2. The molecule has 0 fully saturated rings. The first kappa shape index (κ1) is 16.5. The van der Waals surface area contributed by atoms with Gasteiger partial charge in [0.15, 0.2) is 0 Å². The van der Waals surface area contributed by atoms with Crippen molar-refractivity contribution in [2.45, 2.75) is 45.4 Å². The quantitative estimate of drug-likeness (QED) is 0.792. The summed E-state index contributed by atoms with van der Waals surface area (Å²) in [7, 11) is 3.34. The Bertz CT molecular complexity index is 454. The Balaban J connectivity index is 2.84. The molecule has 4 heteroatoms. The SMILES string of the molecule is CCC(CC#N)NC(C)c1ccc(OC)c(COC)c1. The van der Waals surface area contributed by atoms with E-state index in [0.29, 0.717) is 13.0 Å². The molecule has 2 atom stereocenters. The van der Waals surface area contributed by atoms with Gasteiger partial charge in [-0.2, -0.15) is 5.26 Å². The zero-order valence-corrected chi connectivity index (χ0v) is 12.8. The van der Waals surface area contributed by atoms with Crippen molar-refractivity contribution in [3.8, 4) is 11.8 Å². The van der Waals surface area contributed by atoms with Crippen molar-refractivity contribution in [3.63, 3.8) is 0 Å². The first-order valence-corrected chi connectivity index (χ1v) is 6.95. The maximum Gasteiger partial charge on any atom is 0.124 e. The van der Waals surface area contributed by atoms with E-state index in [9.17, 15) is 0 Å². The highest BCUT2D eigenvalue weighted by atomic mass is 16.5. The lowest BCUT2D eigenvalue weighted by molar-refractivity contribution is 0.181. The van der Waals surface area contributed by atoms with E-state index in [-0.39, 0.29) is 12.1 Å². The van der Waals surface area contributed by atoms with Gasteiger partial charge >= 0.3 is 0 Å². The molecule has 110 valence electrons.